The number of esters is 1. The number of sulfonamides is 1. The van der Waals surface area contributed by atoms with Crippen molar-refractivity contribution >= 4 is 57.3 Å². The predicted molar refractivity (Wildman–Crippen MR) is 161 cm³/mol. The first-order chi connectivity index (χ1) is 19.7. The summed E-state index contributed by atoms with van der Waals surface area (Å²) in [6.07, 6.45) is 3.92. The molecule has 2 aromatic rings. The van der Waals surface area contributed by atoms with E-state index in [2.05, 4.69) is 15.1 Å². The van der Waals surface area contributed by atoms with E-state index in [0.29, 0.717) is 36.7 Å². The van der Waals surface area contributed by atoms with Gasteiger partial charge in [-0.2, -0.15) is 9.82 Å². The molecule has 2 aliphatic rings. The number of piperidine rings is 1. The highest BCUT2D eigenvalue weighted by molar-refractivity contribution is 7.89. The number of rotatable bonds is 13. The summed E-state index contributed by atoms with van der Waals surface area (Å²) in [5.74, 6) is 3.76. The second kappa shape index (κ2) is 15.3. The van der Waals surface area contributed by atoms with Crippen molar-refractivity contribution in [3.63, 3.8) is 0 Å². The molecule has 0 spiro atoms. The number of carbonyl (C=O) groups is 3. The van der Waals surface area contributed by atoms with Gasteiger partial charge in [0.05, 0.1) is 17.9 Å². The highest BCUT2D eigenvalue weighted by Crippen LogP contribution is 2.29. The Bertz CT molecular complexity index is 1370. The molecule has 2 amide bonds. The molecule has 0 bridgehead atoms. The standard InChI is InChI=1S/C28H38N6O6S.ClH/c1-2-40-27(36)18-34(22-12-13-22)28(37)24(15-26(35)33(19-31-29)17-20-7-6-14-30-16-20)32-41(38,39)25-11-5-9-21-8-3-4-10-23(21)25;/h3-5,8-11,19-20,22,24,30,32H,2,6-7,12-18,29H2,1H3;1H/t20-,24-;/m0./s1. The number of hydrazone groups is 1. The fourth-order valence-corrected chi connectivity index (χ4v) is 6.54. The van der Waals surface area contributed by atoms with Crippen LogP contribution in [0.4, 0.5) is 0 Å². The van der Waals surface area contributed by atoms with Crippen LogP contribution >= 0.6 is 12.4 Å². The first-order valence-corrected chi connectivity index (χ1v) is 15.4. The summed E-state index contributed by atoms with van der Waals surface area (Å²) in [5.41, 5.74) is 0. The third kappa shape index (κ3) is 8.63. The van der Waals surface area contributed by atoms with Crippen molar-refractivity contribution in [3.05, 3.63) is 42.5 Å². The lowest BCUT2D eigenvalue weighted by atomic mass is 9.99. The maximum absolute atomic E-state index is 13.9. The van der Waals surface area contributed by atoms with Crippen molar-refractivity contribution in [2.75, 3.05) is 32.8 Å². The van der Waals surface area contributed by atoms with E-state index in [0.717, 1.165) is 19.4 Å². The van der Waals surface area contributed by atoms with Crippen LogP contribution in [0.15, 0.2) is 52.5 Å². The number of fused-ring (bicyclic) bond motifs is 1. The van der Waals surface area contributed by atoms with E-state index in [1.165, 1.54) is 22.2 Å². The number of nitrogens with one attached hydrogen (secondary N) is 2. The van der Waals surface area contributed by atoms with Crippen molar-refractivity contribution < 1.29 is 27.5 Å². The lowest BCUT2D eigenvalue weighted by molar-refractivity contribution is -0.150. The molecule has 4 N–H and O–H groups in total. The molecule has 2 aromatic carbocycles. The summed E-state index contributed by atoms with van der Waals surface area (Å²) in [4.78, 5) is 42.4. The number of ether oxygens (including phenoxy) is 1. The monoisotopic (exact) mass is 622 g/mol. The minimum atomic E-state index is -4.27. The molecule has 1 saturated carbocycles. The minimum absolute atomic E-state index is 0. The van der Waals surface area contributed by atoms with Crippen LogP contribution in [-0.4, -0.2) is 87.2 Å². The molecule has 2 atom stereocenters. The summed E-state index contributed by atoms with van der Waals surface area (Å²) in [5, 5.41) is 8.02. The van der Waals surface area contributed by atoms with Gasteiger partial charge in [-0.05, 0) is 63.1 Å². The Balaban J connectivity index is 0.00000484. The molecule has 230 valence electrons. The normalized spacial score (nSPS) is 17.8. The second-order valence-corrected chi connectivity index (χ2v) is 12.1. The molecule has 12 nitrogen and oxygen atoms in total. The van der Waals surface area contributed by atoms with Gasteiger partial charge in [-0.25, -0.2) is 8.42 Å². The van der Waals surface area contributed by atoms with Gasteiger partial charge < -0.3 is 25.7 Å². The molecule has 4 rings (SSSR count). The average molecular weight is 623 g/mol. The molecule has 1 aliphatic heterocycles. The number of nitrogens with zero attached hydrogens (tertiary/aromatic N) is 3. The number of hydrogen-bond acceptors (Lipinski definition) is 9. The zero-order valence-corrected chi connectivity index (χ0v) is 25.2. The van der Waals surface area contributed by atoms with E-state index in [4.69, 9.17) is 10.6 Å². The van der Waals surface area contributed by atoms with Crippen LogP contribution in [0.2, 0.25) is 0 Å². The Morgan fingerprint density at radius 2 is 1.90 bits per heavy atom. The van der Waals surface area contributed by atoms with Gasteiger partial charge in [-0.15, -0.1) is 12.4 Å². The maximum atomic E-state index is 13.9. The fraction of sp³-hybridized carbons (Fsp3) is 0.500. The van der Waals surface area contributed by atoms with E-state index in [-0.39, 0.29) is 42.4 Å². The van der Waals surface area contributed by atoms with E-state index in [9.17, 15) is 22.8 Å². The number of halogens is 1. The van der Waals surface area contributed by atoms with Gasteiger partial charge in [0.15, 0.2) is 0 Å². The van der Waals surface area contributed by atoms with Gasteiger partial charge in [0.2, 0.25) is 21.8 Å². The first-order valence-electron chi connectivity index (χ1n) is 13.9. The number of nitrogens with two attached hydrogens (primary N) is 1. The van der Waals surface area contributed by atoms with Crippen molar-refractivity contribution in [1.82, 2.24) is 19.8 Å². The SMILES string of the molecule is CCOC(=O)CN(C(=O)[C@H](CC(=O)N(C=NN)C[C@H]1CCCNC1)NS(=O)(=O)c1cccc2ccccc12)C1CC1.Cl. The zero-order chi connectivity index (χ0) is 29.4. The Kier molecular flexibility index (Phi) is 12.1. The van der Waals surface area contributed by atoms with Gasteiger partial charge >= 0.3 is 5.97 Å². The van der Waals surface area contributed by atoms with Gasteiger partial charge in [-0.1, -0.05) is 36.4 Å². The smallest absolute Gasteiger partial charge is 0.325 e. The number of hydrogen-bond donors (Lipinski definition) is 3. The van der Waals surface area contributed by atoms with Gasteiger partial charge in [0, 0.05) is 18.0 Å². The summed E-state index contributed by atoms with van der Waals surface area (Å²) in [6, 6.07) is 10.2. The molecule has 1 heterocycles. The Morgan fingerprint density at radius 3 is 2.57 bits per heavy atom. The highest BCUT2D eigenvalue weighted by atomic mass is 35.5. The van der Waals surface area contributed by atoms with Crippen LogP contribution < -0.4 is 15.9 Å². The van der Waals surface area contributed by atoms with Crippen molar-refractivity contribution in [2.45, 2.75) is 56.0 Å². The number of carbonyl (C=O) groups excluding carboxylic acids is 3. The summed E-state index contributed by atoms with van der Waals surface area (Å²) in [6.45, 7) is 3.41. The lowest BCUT2D eigenvalue weighted by Crippen LogP contribution is -2.53. The largest absolute Gasteiger partial charge is 0.465 e. The summed E-state index contributed by atoms with van der Waals surface area (Å²) < 4.78 is 35.0. The van der Waals surface area contributed by atoms with Crippen LogP contribution in [0.25, 0.3) is 10.8 Å². The molecule has 0 radical (unpaired) electrons. The minimum Gasteiger partial charge on any atom is -0.465 e. The van der Waals surface area contributed by atoms with Crippen LogP contribution in [-0.2, 0) is 29.1 Å². The third-order valence-electron chi connectivity index (χ3n) is 7.27. The van der Waals surface area contributed by atoms with E-state index < -0.39 is 40.3 Å². The Labute approximate surface area is 252 Å². The van der Waals surface area contributed by atoms with Crippen LogP contribution in [0.1, 0.15) is 39.0 Å². The topological polar surface area (TPSA) is 163 Å². The molecule has 14 heteroatoms. The third-order valence-corrected chi connectivity index (χ3v) is 8.80. The zero-order valence-electron chi connectivity index (χ0n) is 23.6. The average Bonchev–Trinajstić information content (AvgIpc) is 3.81. The van der Waals surface area contributed by atoms with E-state index >= 15 is 0 Å². The maximum Gasteiger partial charge on any atom is 0.325 e. The number of benzene rings is 2. The van der Waals surface area contributed by atoms with Crippen molar-refractivity contribution in [3.8, 4) is 0 Å². The van der Waals surface area contributed by atoms with E-state index in [1.54, 1.807) is 43.3 Å². The molecule has 0 unspecified atom stereocenters. The second-order valence-electron chi connectivity index (χ2n) is 10.4. The quantitative estimate of drug-likeness (QED) is 0.0996. The van der Waals surface area contributed by atoms with Crippen molar-refractivity contribution in [1.29, 1.82) is 0 Å². The van der Waals surface area contributed by atoms with Crippen LogP contribution in [0, 0.1) is 5.92 Å². The van der Waals surface area contributed by atoms with Crippen LogP contribution in [0.3, 0.4) is 0 Å². The molecule has 2 fully saturated rings. The highest BCUT2D eigenvalue weighted by Gasteiger charge is 2.40. The molecule has 1 aliphatic carbocycles. The molecule has 42 heavy (non-hydrogen) atoms. The van der Waals surface area contributed by atoms with Crippen molar-refractivity contribution in [2.24, 2.45) is 16.9 Å². The molecule has 1 saturated heterocycles. The molecular weight excluding hydrogens is 584 g/mol. The Morgan fingerprint density at radius 1 is 1.17 bits per heavy atom. The number of amides is 2. The molecule has 0 aromatic heterocycles. The van der Waals surface area contributed by atoms with E-state index in [1.807, 2.05) is 0 Å². The lowest BCUT2D eigenvalue weighted by Gasteiger charge is -2.30. The Hall–Kier alpha value is -3.26. The molecular formula is C28H39ClN6O6S. The summed E-state index contributed by atoms with van der Waals surface area (Å²) in [7, 11) is -4.27. The van der Waals surface area contributed by atoms with Crippen LogP contribution in [0.5, 0.6) is 0 Å². The van der Waals surface area contributed by atoms with Gasteiger partial charge in [-0.3, -0.25) is 14.4 Å². The first kappa shape index (κ1) is 33.2. The summed E-state index contributed by atoms with van der Waals surface area (Å²) >= 11 is 0. The van der Waals surface area contributed by atoms with Gasteiger partial charge in [0.25, 0.3) is 0 Å². The fourth-order valence-electron chi connectivity index (χ4n) is 5.12. The predicted octanol–water partition coefficient (Wildman–Crippen LogP) is 1.58. The van der Waals surface area contributed by atoms with Gasteiger partial charge in [0.1, 0.15) is 18.9 Å².